The van der Waals surface area contributed by atoms with Gasteiger partial charge in [-0.15, -0.1) is 11.3 Å². The maximum absolute atomic E-state index is 13.3. The van der Waals surface area contributed by atoms with Gasteiger partial charge in [-0.2, -0.15) is 0 Å². The van der Waals surface area contributed by atoms with E-state index >= 15 is 0 Å². The lowest BCUT2D eigenvalue weighted by Gasteiger charge is -2.37. The van der Waals surface area contributed by atoms with Crippen molar-refractivity contribution in [2.24, 2.45) is 5.92 Å². The fraction of sp³-hybridized carbons (Fsp3) is 0.207. The van der Waals surface area contributed by atoms with E-state index in [0.717, 1.165) is 21.6 Å². The Morgan fingerprint density at radius 2 is 1.58 bits per heavy atom. The summed E-state index contributed by atoms with van der Waals surface area (Å²) in [6.45, 7) is 0. The van der Waals surface area contributed by atoms with Crippen LogP contribution in [0.4, 0.5) is 16.2 Å². The minimum atomic E-state index is -0.441. The van der Waals surface area contributed by atoms with Gasteiger partial charge >= 0.3 is 6.09 Å². The monoisotopic (exact) mass is 496 g/mol. The number of para-hydroxylation sites is 3. The standard InChI is InChI=1S/C29H24N2O4S/c32-27-22-16-15-21(17-25(22)34-18-23(27)28-30-24-13-7-8-14-26(24)36-28)35-29(33)31(19-9-3-1-4-10-19)20-11-5-2-6-12-20/h1-14,18,21-22,25H,15-17H2. The second-order valence-corrected chi connectivity index (χ2v) is 10.0. The Kier molecular flexibility index (Phi) is 5.99. The van der Waals surface area contributed by atoms with E-state index < -0.39 is 6.09 Å². The molecule has 180 valence electrons. The van der Waals surface area contributed by atoms with E-state index in [0.29, 0.717) is 29.8 Å². The summed E-state index contributed by atoms with van der Waals surface area (Å²) < 4.78 is 13.0. The number of ketones is 1. The van der Waals surface area contributed by atoms with Crippen LogP contribution in [0.15, 0.2) is 91.2 Å². The Hall–Kier alpha value is -3.97. The van der Waals surface area contributed by atoms with E-state index in [4.69, 9.17) is 9.47 Å². The van der Waals surface area contributed by atoms with Crippen LogP contribution in [0, 0.1) is 5.92 Å². The first kappa shape index (κ1) is 22.5. The SMILES string of the molecule is O=C1C(c2nc3ccccc3s2)=COC2CC(OC(=O)N(c3ccccc3)c3ccccc3)CCC12. The van der Waals surface area contributed by atoms with Crippen molar-refractivity contribution in [2.45, 2.75) is 31.5 Å². The highest BCUT2D eigenvalue weighted by molar-refractivity contribution is 7.19. The van der Waals surface area contributed by atoms with E-state index in [2.05, 4.69) is 4.98 Å². The van der Waals surface area contributed by atoms with Crippen molar-refractivity contribution in [1.82, 2.24) is 4.98 Å². The topological polar surface area (TPSA) is 68.7 Å². The number of amides is 1. The lowest BCUT2D eigenvalue weighted by molar-refractivity contribution is -0.126. The molecule has 0 N–H and O–H groups in total. The van der Waals surface area contributed by atoms with Gasteiger partial charge in [-0.3, -0.25) is 4.79 Å². The summed E-state index contributed by atoms with van der Waals surface area (Å²) in [4.78, 5) is 32.9. The van der Waals surface area contributed by atoms with Gasteiger partial charge in [0.05, 0.1) is 39.3 Å². The number of carbonyl (C=O) groups excluding carboxylic acids is 2. The number of nitrogens with zero attached hydrogens (tertiary/aromatic N) is 2. The zero-order chi connectivity index (χ0) is 24.5. The van der Waals surface area contributed by atoms with Crippen LogP contribution in [0.5, 0.6) is 0 Å². The molecule has 0 spiro atoms. The summed E-state index contributed by atoms with van der Waals surface area (Å²) in [6, 6.07) is 26.7. The van der Waals surface area contributed by atoms with Crippen molar-refractivity contribution in [2.75, 3.05) is 4.90 Å². The molecule has 0 radical (unpaired) electrons. The lowest BCUT2D eigenvalue weighted by Crippen LogP contribution is -2.43. The number of hydrogen-bond acceptors (Lipinski definition) is 6. The molecule has 1 aliphatic carbocycles. The van der Waals surface area contributed by atoms with Gasteiger partial charge < -0.3 is 9.47 Å². The quantitative estimate of drug-likeness (QED) is 0.313. The van der Waals surface area contributed by atoms with E-state index in [1.165, 1.54) is 11.3 Å². The van der Waals surface area contributed by atoms with Crippen molar-refractivity contribution in [3.8, 4) is 0 Å². The molecule has 1 aliphatic heterocycles. The normalized spacial score (nSPS) is 21.3. The van der Waals surface area contributed by atoms with Crippen LogP contribution in [-0.2, 0) is 14.3 Å². The molecule has 3 atom stereocenters. The third-order valence-corrected chi connectivity index (χ3v) is 7.78. The number of Topliss-reactive ketones (excluding diaryl/α,β-unsaturated/α-hetero) is 1. The number of thiazole rings is 1. The fourth-order valence-electron chi connectivity index (χ4n) is 4.92. The number of aromatic nitrogens is 1. The van der Waals surface area contributed by atoms with Crippen LogP contribution in [-0.4, -0.2) is 29.1 Å². The van der Waals surface area contributed by atoms with Crippen molar-refractivity contribution in [3.05, 3.63) is 96.2 Å². The minimum Gasteiger partial charge on any atom is -0.496 e. The second-order valence-electron chi connectivity index (χ2n) is 8.99. The van der Waals surface area contributed by atoms with Crippen LogP contribution in [0.2, 0.25) is 0 Å². The molecule has 0 bridgehead atoms. The Morgan fingerprint density at radius 1 is 0.917 bits per heavy atom. The van der Waals surface area contributed by atoms with E-state index in [9.17, 15) is 9.59 Å². The maximum Gasteiger partial charge on any atom is 0.419 e. The zero-order valence-corrected chi connectivity index (χ0v) is 20.3. The van der Waals surface area contributed by atoms with E-state index in [-0.39, 0.29) is 23.9 Å². The Bertz CT molecular complexity index is 1360. The number of anilines is 2. The molecule has 2 heterocycles. The summed E-state index contributed by atoms with van der Waals surface area (Å²) in [7, 11) is 0. The third kappa shape index (κ3) is 4.27. The predicted molar refractivity (Wildman–Crippen MR) is 140 cm³/mol. The molecule has 2 aliphatic rings. The number of rotatable bonds is 4. The van der Waals surface area contributed by atoms with Gasteiger partial charge in [-0.25, -0.2) is 14.7 Å². The number of carbonyl (C=O) groups is 2. The number of ether oxygens (including phenoxy) is 2. The molecule has 3 unspecified atom stereocenters. The molecular formula is C29H24N2O4S. The van der Waals surface area contributed by atoms with Crippen molar-refractivity contribution in [3.63, 3.8) is 0 Å². The molecule has 1 amide bonds. The fourth-order valence-corrected chi connectivity index (χ4v) is 5.89. The van der Waals surface area contributed by atoms with Crippen LogP contribution in [0.25, 0.3) is 15.8 Å². The first-order chi connectivity index (χ1) is 17.7. The third-order valence-electron chi connectivity index (χ3n) is 6.71. The van der Waals surface area contributed by atoms with Gasteiger partial charge in [0.15, 0.2) is 5.78 Å². The molecule has 6 rings (SSSR count). The average Bonchev–Trinajstić information content (AvgIpc) is 3.34. The predicted octanol–water partition coefficient (Wildman–Crippen LogP) is 6.75. The highest BCUT2D eigenvalue weighted by atomic mass is 32.1. The smallest absolute Gasteiger partial charge is 0.419 e. The maximum atomic E-state index is 13.3. The first-order valence-electron chi connectivity index (χ1n) is 12.0. The Morgan fingerprint density at radius 3 is 2.28 bits per heavy atom. The van der Waals surface area contributed by atoms with Gasteiger partial charge in [-0.05, 0) is 49.2 Å². The summed E-state index contributed by atoms with van der Waals surface area (Å²) >= 11 is 1.50. The van der Waals surface area contributed by atoms with Crippen LogP contribution in [0.3, 0.4) is 0 Å². The van der Waals surface area contributed by atoms with E-state index in [1.807, 2.05) is 84.9 Å². The molecule has 1 fully saturated rings. The number of fused-ring (bicyclic) bond motifs is 2. The molecule has 7 heteroatoms. The number of benzene rings is 3. The Balaban J connectivity index is 1.18. The van der Waals surface area contributed by atoms with Gasteiger partial charge in [0.25, 0.3) is 0 Å². The number of allylic oxidation sites excluding steroid dienone is 1. The molecule has 3 aromatic carbocycles. The van der Waals surface area contributed by atoms with Crippen molar-refractivity contribution < 1.29 is 19.1 Å². The summed E-state index contributed by atoms with van der Waals surface area (Å²) in [5, 5.41) is 0.689. The van der Waals surface area contributed by atoms with E-state index in [1.54, 1.807) is 11.2 Å². The van der Waals surface area contributed by atoms with Crippen molar-refractivity contribution in [1.29, 1.82) is 0 Å². The molecule has 1 saturated carbocycles. The molecule has 36 heavy (non-hydrogen) atoms. The molecule has 6 nitrogen and oxygen atoms in total. The van der Waals surface area contributed by atoms with Gasteiger partial charge in [0.2, 0.25) is 0 Å². The highest BCUT2D eigenvalue weighted by Gasteiger charge is 2.42. The van der Waals surface area contributed by atoms with Crippen molar-refractivity contribution >= 4 is 50.4 Å². The molecule has 0 saturated heterocycles. The average molecular weight is 497 g/mol. The second kappa shape index (κ2) is 9.59. The molecule has 4 aromatic rings. The van der Waals surface area contributed by atoms with Crippen LogP contribution >= 0.6 is 11.3 Å². The lowest BCUT2D eigenvalue weighted by atomic mass is 9.79. The number of hydrogen-bond donors (Lipinski definition) is 0. The summed E-state index contributed by atoms with van der Waals surface area (Å²) in [6.07, 6.45) is 2.13. The van der Waals surface area contributed by atoms with Gasteiger partial charge in [0, 0.05) is 6.42 Å². The van der Waals surface area contributed by atoms with Crippen LogP contribution < -0.4 is 4.90 Å². The first-order valence-corrected chi connectivity index (χ1v) is 12.9. The summed E-state index contributed by atoms with van der Waals surface area (Å²) in [5.41, 5.74) is 2.88. The molecule has 1 aromatic heterocycles. The minimum absolute atomic E-state index is 0.0604. The summed E-state index contributed by atoms with van der Waals surface area (Å²) in [5.74, 6) is -0.198. The largest absolute Gasteiger partial charge is 0.496 e. The Labute approximate surface area is 212 Å². The van der Waals surface area contributed by atoms with Gasteiger partial charge in [-0.1, -0.05) is 48.5 Å². The molecular weight excluding hydrogens is 472 g/mol. The zero-order valence-electron chi connectivity index (χ0n) is 19.4. The highest BCUT2D eigenvalue weighted by Crippen LogP contribution is 2.39. The van der Waals surface area contributed by atoms with Gasteiger partial charge in [0.1, 0.15) is 17.2 Å². The van der Waals surface area contributed by atoms with Crippen LogP contribution in [0.1, 0.15) is 24.3 Å².